The monoisotopic (exact) mass is 262 g/mol. The summed E-state index contributed by atoms with van der Waals surface area (Å²) in [5.41, 5.74) is 0.668. The fourth-order valence-corrected chi connectivity index (χ4v) is 1.47. The fraction of sp³-hybridized carbons (Fsp3) is 0.438. The lowest BCUT2D eigenvalue weighted by Gasteiger charge is -2.21. The van der Waals surface area contributed by atoms with Crippen LogP contribution in [0.3, 0.4) is 0 Å². The molecule has 3 heteroatoms. The third kappa shape index (κ3) is 6.65. The number of esters is 1. The summed E-state index contributed by atoms with van der Waals surface area (Å²) in [7, 11) is 0. The molecule has 0 aliphatic carbocycles. The van der Waals surface area contributed by atoms with Crippen LogP contribution in [0.5, 0.6) is 5.75 Å². The Labute approximate surface area is 115 Å². The first-order valence-corrected chi connectivity index (χ1v) is 6.44. The molecule has 104 valence electrons. The quantitative estimate of drug-likeness (QED) is 0.611. The smallest absolute Gasteiger partial charge is 0.331 e. The zero-order valence-electron chi connectivity index (χ0n) is 12.3. The van der Waals surface area contributed by atoms with E-state index in [2.05, 4.69) is 0 Å². The van der Waals surface area contributed by atoms with Crippen molar-refractivity contribution in [1.82, 2.24) is 0 Å². The minimum absolute atomic E-state index is 0.104. The van der Waals surface area contributed by atoms with Crippen LogP contribution < -0.4 is 4.74 Å². The van der Waals surface area contributed by atoms with Crippen molar-refractivity contribution in [2.45, 2.75) is 46.3 Å². The van der Waals surface area contributed by atoms with Crippen LogP contribution >= 0.6 is 0 Å². The maximum Gasteiger partial charge on any atom is 0.331 e. The van der Waals surface area contributed by atoms with Gasteiger partial charge in [0, 0.05) is 6.08 Å². The average Bonchev–Trinajstić information content (AvgIpc) is 2.23. The summed E-state index contributed by atoms with van der Waals surface area (Å²) in [5, 5.41) is 0. The molecule has 0 aromatic heterocycles. The summed E-state index contributed by atoms with van der Waals surface area (Å²) in [4.78, 5) is 11.4. The van der Waals surface area contributed by atoms with E-state index in [1.807, 2.05) is 58.9 Å². The van der Waals surface area contributed by atoms with Gasteiger partial charge >= 0.3 is 5.97 Å². The first-order chi connectivity index (χ1) is 8.76. The van der Waals surface area contributed by atoms with Gasteiger partial charge in [-0.05, 0) is 58.4 Å². The van der Waals surface area contributed by atoms with Crippen molar-refractivity contribution in [2.75, 3.05) is 0 Å². The van der Waals surface area contributed by atoms with Gasteiger partial charge in [0.05, 0.1) is 6.10 Å². The zero-order chi connectivity index (χ0) is 14.5. The largest absolute Gasteiger partial charge is 0.488 e. The Morgan fingerprint density at radius 3 is 2.53 bits per heavy atom. The first kappa shape index (κ1) is 15.3. The van der Waals surface area contributed by atoms with E-state index in [0.29, 0.717) is 0 Å². The molecule has 0 radical (unpaired) electrons. The Hall–Kier alpha value is -1.77. The Balaban J connectivity index is 2.72. The maximum atomic E-state index is 11.4. The first-order valence-electron chi connectivity index (χ1n) is 6.44. The number of rotatable bonds is 4. The Morgan fingerprint density at radius 2 is 1.95 bits per heavy atom. The van der Waals surface area contributed by atoms with Gasteiger partial charge in [0.25, 0.3) is 0 Å². The highest BCUT2D eigenvalue weighted by Gasteiger charge is 2.11. The molecule has 0 bridgehead atoms. The van der Waals surface area contributed by atoms with Gasteiger partial charge in [-0.1, -0.05) is 12.1 Å². The van der Waals surface area contributed by atoms with Crippen LogP contribution in [0.4, 0.5) is 0 Å². The van der Waals surface area contributed by atoms with Gasteiger partial charge in [0.15, 0.2) is 0 Å². The molecule has 0 fully saturated rings. The predicted octanol–water partition coefficient (Wildman–Crippen LogP) is 3.83. The molecule has 0 aliphatic rings. The lowest BCUT2D eigenvalue weighted by molar-refractivity contribution is -0.141. The minimum atomic E-state index is -0.336. The predicted molar refractivity (Wildman–Crippen MR) is 77.1 cm³/mol. The zero-order valence-corrected chi connectivity index (χ0v) is 12.3. The van der Waals surface area contributed by atoms with Gasteiger partial charge in [-0.3, -0.25) is 0 Å². The summed E-state index contributed by atoms with van der Waals surface area (Å²) in [5.74, 6) is 0.448. The van der Waals surface area contributed by atoms with E-state index in [4.69, 9.17) is 9.47 Å². The van der Waals surface area contributed by atoms with Crippen LogP contribution in [-0.4, -0.2) is 17.7 Å². The molecule has 0 aliphatic heterocycles. The van der Waals surface area contributed by atoms with E-state index in [1.165, 1.54) is 6.08 Å². The molecule has 0 atom stereocenters. The van der Waals surface area contributed by atoms with Gasteiger partial charge in [-0.2, -0.15) is 0 Å². The fourth-order valence-electron chi connectivity index (χ4n) is 1.47. The molecule has 0 spiro atoms. The normalized spacial score (nSPS) is 11.9. The molecule has 1 aromatic carbocycles. The van der Waals surface area contributed by atoms with Crippen molar-refractivity contribution in [3.05, 3.63) is 35.9 Å². The molecule has 1 aromatic rings. The van der Waals surface area contributed by atoms with Crippen LogP contribution in [0.15, 0.2) is 30.3 Å². The Morgan fingerprint density at radius 1 is 1.26 bits per heavy atom. The Kier molecular flexibility index (Phi) is 5.16. The van der Waals surface area contributed by atoms with Crippen LogP contribution in [0.1, 0.15) is 40.2 Å². The molecule has 19 heavy (non-hydrogen) atoms. The van der Waals surface area contributed by atoms with Crippen LogP contribution in [0.25, 0.3) is 6.08 Å². The van der Waals surface area contributed by atoms with Gasteiger partial charge < -0.3 is 9.47 Å². The highest BCUT2D eigenvalue weighted by Crippen LogP contribution is 2.19. The molecule has 0 saturated carbocycles. The second kappa shape index (κ2) is 6.41. The highest BCUT2D eigenvalue weighted by molar-refractivity contribution is 5.87. The number of carbonyl (C=O) groups is 1. The van der Waals surface area contributed by atoms with Crippen molar-refractivity contribution in [3.8, 4) is 5.75 Å². The molecule has 1 rings (SSSR count). The lowest BCUT2D eigenvalue weighted by atomic mass is 10.1. The molecule has 0 heterocycles. The number of ether oxygens (including phenoxy) is 2. The highest BCUT2D eigenvalue weighted by atomic mass is 16.5. The maximum absolute atomic E-state index is 11.4. The second-order valence-corrected chi connectivity index (χ2v) is 5.61. The summed E-state index contributed by atoms with van der Waals surface area (Å²) in [6, 6.07) is 7.60. The van der Waals surface area contributed by atoms with E-state index in [1.54, 1.807) is 6.08 Å². The molecular formula is C16H22O3. The summed E-state index contributed by atoms with van der Waals surface area (Å²) in [6.07, 6.45) is 3.05. The van der Waals surface area contributed by atoms with Crippen LogP contribution in [0, 0.1) is 0 Å². The molecule has 3 nitrogen and oxygen atoms in total. The van der Waals surface area contributed by atoms with Crippen LogP contribution in [0.2, 0.25) is 0 Å². The SMILES string of the molecule is CC(C)OC(=O)C=Cc1cccc(OC(C)(C)C)c1. The van der Waals surface area contributed by atoms with E-state index in [0.717, 1.165) is 11.3 Å². The van der Waals surface area contributed by atoms with Crippen molar-refractivity contribution < 1.29 is 14.3 Å². The third-order valence-electron chi connectivity index (χ3n) is 2.05. The van der Waals surface area contributed by atoms with Crippen LogP contribution in [-0.2, 0) is 9.53 Å². The standard InChI is InChI=1S/C16H22O3/c1-12(2)18-15(17)10-9-13-7-6-8-14(11-13)19-16(3,4)5/h6-12H,1-5H3. The van der Waals surface area contributed by atoms with Crippen molar-refractivity contribution >= 4 is 12.0 Å². The Bertz CT molecular complexity index is 453. The van der Waals surface area contributed by atoms with Crippen molar-refractivity contribution in [3.63, 3.8) is 0 Å². The van der Waals surface area contributed by atoms with E-state index < -0.39 is 0 Å². The van der Waals surface area contributed by atoms with Crippen molar-refractivity contribution in [2.24, 2.45) is 0 Å². The molecule has 0 amide bonds. The third-order valence-corrected chi connectivity index (χ3v) is 2.05. The molecule has 0 unspecified atom stereocenters. The topological polar surface area (TPSA) is 35.5 Å². The summed E-state index contributed by atoms with van der Waals surface area (Å²) >= 11 is 0. The molecule has 0 N–H and O–H groups in total. The number of carbonyl (C=O) groups excluding carboxylic acids is 1. The minimum Gasteiger partial charge on any atom is -0.488 e. The van der Waals surface area contributed by atoms with Gasteiger partial charge in [-0.25, -0.2) is 4.79 Å². The molecule has 0 saturated heterocycles. The van der Waals surface area contributed by atoms with E-state index in [9.17, 15) is 4.79 Å². The summed E-state index contributed by atoms with van der Waals surface area (Å²) in [6.45, 7) is 9.63. The van der Waals surface area contributed by atoms with Gasteiger partial charge in [0.2, 0.25) is 0 Å². The van der Waals surface area contributed by atoms with Gasteiger partial charge in [-0.15, -0.1) is 0 Å². The molecular weight excluding hydrogens is 240 g/mol. The van der Waals surface area contributed by atoms with E-state index >= 15 is 0 Å². The van der Waals surface area contributed by atoms with E-state index in [-0.39, 0.29) is 17.7 Å². The van der Waals surface area contributed by atoms with Crippen molar-refractivity contribution in [1.29, 1.82) is 0 Å². The van der Waals surface area contributed by atoms with Gasteiger partial charge in [0.1, 0.15) is 11.4 Å². The average molecular weight is 262 g/mol. The number of benzene rings is 1. The lowest BCUT2D eigenvalue weighted by Crippen LogP contribution is -2.22. The number of hydrogen-bond acceptors (Lipinski definition) is 3. The second-order valence-electron chi connectivity index (χ2n) is 5.61. The summed E-state index contributed by atoms with van der Waals surface area (Å²) < 4.78 is 10.8. The number of hydrogen-bond donors (Lipinski definition) is 0.